The number of Topliss-reactive ketones (excluding diaryl/α,β-unsaturated/α-hetero) is 2. The van der Waals surface area contributed by atoms with Gasteiger partial charge in [-0.2, -0.15) is 0 Å². The van der Waals surface area contributed by atoms with Crippen molar-refractivity contribution in [1.82, 2.24) is 0 Å². The van der Waals surface area contributed by atoms with Gasteiger partial charge in [0, 0.05) is 21.4 Å². The van der Waals surface area contributed by atoms with Crippen LogP contribution in [0.2, 0.25) is 0 Å². The average molecular weight is 383 g/mol. The van der Waals surface area contributed by atoms with E-state index in [-0.39, 0.29) is 18.9 Å². The van der Waals surface area contributed by atoms with Crippen LogP contribution < -0.4 is 0 Å². The van der Waals surface area contributed by atoms with Gasteiger partial charge < -0.3 is 4.74 Å². The molecule has 122 valence electrons. The Morgan fingerprint density at radius 1 is 1.43 bits per heavy atom. The molecule has 0 amide bonds. The number of halogens is 2. The fourth-order valence-electron chi connectivity index (χ4n) is 3.68. The molecule has 0 heterocycles. The summed E-state index contributed by atoms with van der Waals surface area (Å²) in [5.74, 6) is -3.79. The number of alkyl halides is 1. The molecule has 1 aromatic carbocycles. The number of hydrogen-bond donors (Lipinski definition) is 0. The van der Waals surface area contributed by atoms with Crippen LogP contribution in [0.4, 0.5) is 4.39 Å². The van der Waals surface area contributed by atoms with Gasteiger partial charge in [-0.15, -0.1) is 0 Å². The first-order valence-electron chi connectivity index (χ1n) is 7.53. The molecule has 3 rings (SSSR count). The normalized spacial score (nSPS) is 31.7. The fraction of sp³-hybridized carbons (Fsp3) is 0.471. The molecular weight excluding hydrogens is 367 g/mol. The summed E-state index contributed by atoms with van der Waals surface area (Å²) in [4.78, 5) is 36.7. The molecule has 4 atom stereocenters. The molecule has 0 N–H and O–H groups in total. The van der Waals surface area contributed by atoms with Crippen molar-refractivity contribution in [3.05, 3.63) is 33.8 Å². The van der Waals surface area contributed by atoms with Crippen molar-refractivity contribution in [2.24, 2.45) is 11.8 Å². The highest BCUT2D eigenvalue weighted by Crippen LogP contribution is 2.63. The molecule has 0 saturated heterocycles. The van der Waals surface area contributed by atoms with Gasteiger partial charge in [-0.25, -0.2) is 9.18 Å². The zero-order valence-corrected chi connectivity index (χ0v) is 14.4. The standard InChI is InChI=1S/C17H16BrFO4/c1-3-23-16(22)14(21)11-7-17(8(2)15(17)19)12-5-4-9(18)6-10(12)13(11)20/h4-6,8,11,15H,3,7H2,1-2H3. The van der Waals surface area contributed by atoms with Crippen molar-refractivity contribution in [2.45, 2.75) is 31.9 Å². The molecular formula is C17H16BrFO4. The first-order valence-corrected chi connectivity index (χ1v) is 8.33. The van der Waals surface area contributed by atoms with Crippen molar-refractivity contribution < 1.29 is 23.5 Å². The van der Waals surface area contributed by atoms with E-state index in [1.54, 1.807) is 32.0 Å². The van der Waals surface area contributed by atoms with Crippen molar-refractivity contribution in [3.63, 3.8) is 0 Å². The first-order chi connectivity index (χ1) is 10.8. The van der Waals surface area contributed by atoms with Crippen molar-refractivity contribution >= 4 is 33.5 Å². The lowest BCUT2D eigenvalue weighted by molar-refractivity contribution is -0.155. The minimum absolute atomic E-state index is 0.0282. The molecule has 23 heavy (non-hydrogen) atoms. The number of ketones is 2. The fourth-order valence-corrected chi connectivity index (χ4v) is 4.04. The predicted molar refractivity (Wildman–Crippen MR) is 84.0 cm³/mol. The second kappa shape index (κ2) is 5.51. The number of carbonyl (C=O) groups is 3. The minimum Gasteiger partial charge on any atom is -0.460 e. The van der Waals surface area contributed by atoms with Crippen LogP contribution in [0, 0.1) is 11.8 Å². The van der Waals surface area contributed by atoms with Crippen LogP contribution >= 0.6 is 15.9 Å². The number of carbonyl (C=O) groups excluding carboxylic acids is 3. The van der Waals surface area contributed by atoms with E-state index >= 15 is 0 Å². The zero-order valence-electron chi connectivity index (χ0n) is 12.8. The molecule has 4 unspecified atom stereocenters. The Labute approximate surface area is 141 Å². The molecule has 0 aromatic heterocycles. The minimum atomic E-state index is -1.17. The third-order valence-corrected chi connectivity index (χ3v) is 5.53. The number of benzene rings is 1. The van der Waals surface area contributed by atoms with Crippen LogP contribution in [-0.2, 0) is 19.7 Å². The third-order valence-electron chi connectivity index (χ3n) is 5.03. The van der Waals surface area contributed by atoms with Crippen LogP contribution in [0.15, 0.2) is 22.7 Å². The van der Waals surface area contributed by atoms with Gasteiger partial charge in [-0.3, -0.25) is 9.59 Å². The van der Waals surface area contributed by atoms with Crippen LogP contribution in [-0.4, -0.2) is 30.3 Å². The Morgan fingerprint density at radius 2 is 2.09 bits per heavy atom. The van der Waals surface area contributed by atoms with E-state index in [1.807, 2.05) is 0 Å². The van der Waals surface area contributed by atoms with E-state index < -0.39 is 35.0 Å². The number of esters is 1. The molecule has 1 fully saturated rings. The third kappa shape index (κ3) is 2.26. The molecule has 1 spiro atoms. The molecule has 2 aliphatic rings. The Balaban J connectivity index is 2.05. The molecule has 1 aromatic rings. The van der Waals surface area contributed by atoms with Crippen LogP contribution in [0.5, 0.6) is 0 Å². The summed E-state index contributed by atoms with van der Waals surface area (Å²) in [5.41, 5.74) is 0.107. The van der Waals surface area contributed by atoms with Crippen LogP contribution in [0.3, 0.4) is 0 Å². The smallest absolute Gasteiger partial charge is 0.375 e. The lowest BCUT2D eigenvalue weighted by atomic mass is 9.71. The second-order valence-corrected chi connectivity index (χ2v) is 7.04. The molecule has 6 heteroatoms. The maximum atomic E-state index is 14.4. The van der Waals surface area contributed by atoms with Gasteiger partial charge in [-0.1, -0.05) is 28.9 Å². The van der Waals surface area contributed by atoms with Crippen LogP contribution in [0.25, 0.3) is 0 Å². The highest BCUT2D eigenvalue weighted by Gasteiger charge is 2.68. The van der Waals surface area contributed by atoms with E-state index in [0.717, 1.165) is 0 Å². The van der Waals surface area contributed by atoms with Gasteiger partial charge in [0.1, 0.15) is 6.17 Å². The Morgan fingerprint density at radius 3 is 2.65 bits per heavy atom. The van der Waals surface area contributed by atoms with Gasteiger partial charge in [0.05, 0.1) is 12.5 Å². The lowest BCUT2D eigenvalue weighted by Crippen LogP contribution is -2.40. The molecule has 0 radical (unpaired) electrons. The highest BCUT2D eigenvalue weighted by molar-refractivity contribution is 9.10. The van der Waals surface area contributed by atoms with E-state index in [0.29, 0.717) is 15.6 Å². The topological polar surface area (TPSA) is 60.4 Å². The summed E-state index contributed by atoms with van der Waals surface area (Å²) in [6.45, 7) is 3.40. The average Bonchev–Trinajstić information content (AvgIpc) is 3.04. The molecule has 2 aliphatic carbocycles. The molecule has 1 saturated carbocycles. The van der Waals surface area contributed by atoms with Crippen molar-refractivity contribution in [2.75, 3.05) is 6.61 Å². The summed E-state index contributed by atoms with van der Waals surface area (Å²) in [7, 11) is 0. The lowest BCUT2D eigenvalue weighted by Gasteiger charge is -2.30. The SMILES string of the molecule is CCOC(=O)C(=O)C1CC2(c3ccc(Br)cc3C1=O)C(C)C2F. The molecule has 0 bridgehead atoms. The number of hydrogen-bond acceptors (Lipinski definition) is 4. The maximum Gasteiger partial charge on any atom is 0.375 e. The highest BCUT2D eigenvalue weighted by atomic mass is 79.9. The second-order valence-electron chi connectivity index (χ2n) is 6.13. The number of ether oxygens (including phenoxy) is 1. The Kier molecular flexibility index (Phi) is 3.91. The van der Waals surface area contributed by atoms with Gasteiger partial charge >= 0.3 is 5.97 Å². The summed E-state index contributed by atoms with van der Waals surface area (Å²) < 4.78 is 19.8. The quantitative estimate of drug-likeness (QED) is 0.458. The number of rotatable bonds is 3. The van der Waals surface area contributed by atoms with Crippen LogP contribution in [0.1, 0.15) is 36.2 Å². The monoisotopic (exact) mass is 382 g/mol. The predicted octanol–water partition coefficient (Wildman–Crippen LogP) is 3.01. The van der Waals surface area contributed by atoms with Gasteiger partial charge in [-0.05, 0) is 31.0 Å². The summed E-state index contributed by atoms with van der Waals surface area (Å²) >= 11 is 3.29. The Hall–Kier alpha value is -1.56. The summed E-state index contributed by atoms with van der Waals surface area (Å²) in [6.07, 6.45) is -1.09. The van der Waals surface area contributed by atoms with Gasteiger partial charge in [0.25, 0.3) is 5.78 Å². The van der Waals surface area contributed by atoms with Crippen molar-refractivity contribution in [1.29, 1.82) is 0 Å². The molecule has 4 nitrogen and oxygen atoms in total. The summed E-state index contributed by atoms with van der Waals surface area (Å²) in [6, 6.07) is 5.10. The van der Waals surface area contributed by atoms with E-state index in [4.69, 9.17) is 4.74 Å². The van der Waals surface area contributed by atoms with E-state index in [1.165, 1.54) is 0 Å². The summed E-state index contributed by atoms with van der Waals surface area (Å²) in [5, 5.41) is 0. The maximum absolute atomic E-state index is 14.4. The van der Waals surface area contributed by atoms with Gasteiger partial charge in [0.15, 0.2) is 5.78 Å². The largest absolute Gasteiger partial charge is 0.460 e. The van der Waals surface area contributed by atoms with E-state index in [2.05, 4.69) is 15.9 Å². The van der Waals surface area contributed by atoms with E-state index in [9.17, 15) is 18.8 Å². The Bertz CT molecular complexity index is 707. The first kappa shape index (κ1) is 16.3. The van der Waals surface area contributed by atoms with Crippen molar-refractivity contribution in [3.8, 4) is 0 Å². The number of fused-ring (bicyclic) bond motifs is 2. The molecule has 0 aliphatic heterocycles. The van der Waals surface area contributed by atoms with Gasteiger partial charge in [0.2, 0.25) is 0 Å². The zero-order chi connectivity index (χ0) is 16.9.